The van der Waals surface area contributed by atoms with E-state index in [1.165, 1.54) is 28.8 Å². The van der Waals surface area contributed by atoms with E-state index in [9.17, 15) is 14.0 Å². The van der Waals surface area contributed by atoms with Crippen molar-refractivity contribution >= 4 is 29.1 Å². The van der Waals surface area contributed by atoms with Crippen LogP contribution in [-0.4, -0.2) is 41.2 Å². The van der Waals surface area contributed by atoms with Gasteiger partial charge < -0.3 is 4.74 Å². The van der Waals surface area contributed by atoms with E-state index in [0.29, 0.717) is 22.6 Å². The number of carbonyl (C=O) groups excluding carboxylic acids is 2. The fourth-order valence-corrected chi connectivity index (χ4v) is 3.93. The predicted molar refractivity (Wildman–Crippen MR) is 91.7 cm³/mol. The molecule has 0 bridgehead atoms. The van der Waals surface area contributed by atoms with Crippen molar-refractivity contribution in [1.82, 2.24) is 4.90 Å². The molecule has 2 aliphatic rings. The molecule has 1 aromatic rings. The van der Waals surface area contributed by atoms with Gasteiger partial charge in [0.1, 0.15) is 5.82 Å². The number of benzene rings is 1. The second-order valence-corrected chi connectivity index (χ2v) is 7.82. The lowest BCUT2D eigenvalue weighted by molar-refractivity contribution is -0.138. The van der Waals surface area contributed by atoms with Crippen molar-refractivity contribution in [3.63, 3.8) is 0 Å². The van der Waals surface area contributed by atoms with Crippen molar-refractivity contribution in [2.24, 2.45) is 0 Å². The van der Waals surface area contributed by atoms with Crippen molar-refractivity contribution in [3.05, 3.63) is 40.6 Å². The highest BCUT2D eigenvalue weighted by Crippen LogP contribution is 2.38. The summed E-state index contributed by atoms with van der Waals surface area (Å²) in [4.78, 5) is 27.4. The van der Waals surface area contributed by atoms with Gasteiger partial charge in [0.25, 0.3) is 11.8 Å². The van der Waals surface area contributed by atoms with Crippen molar-refractivity contribution in [1.29, 1.82) is 0 Å². The first-order chi connectivity index (χ1) is 11.5. The van der Waals surface area contributed by atoms with Gasteiger partial charge in [0.05, 0.1) is 23.1 Å². The molecule has 24 heavy (non-hydrogen) atoms. The highest BCUT2D eigenvalue weighted by Gasteiger charge is 2.40. The lowest BCUT2D eigenvalue weighted by atomic mass is 10.1. The van der Waals surface area contributed by atoms with Crippen LogP contribution >= 0.6 is 11.8 Å². The molecular weight excluding hydrogens is 329 g/mol. The van der Waals surface area contributed by atoms with Crippen molar-refractivity contribution in [2.75, 3.05) is 13.2 Å². The lowest BCUT2D eigenvalue weighted by Gasteiger charge is -2.19. The second kappa shape index (κ2) is 7.07. The van der Waals surface area contributed by atoms with Gasteiger partial charge in [0.2, 0.25) is 0 Å². The topological polar surface area (TPSA) is 46.6 Å². The fraction of sp³-hybridized carbons (Fsp3) is 0.444. The van der Waals surface area contributed by atoms with Crippen molar-refractivity contribution in [2.45, 2.75) is 38.0 Å². The molecule has 128 valence electrons. The summed E-state index contributed by atoms with van der Waals surface area (Å²) in [7, 11) is 0. The maximum Gasteiger partial charge on any atom is 0.268 e. The minimum Gasteiger partial charge on any atom is -0.376 e. The van der Waals surface area contributed by atoms with E-state index in [4.69, 9.17) is 4.74 Å². The molecule has 1 fully saturated rings. The molecular formula is C18H20FNO3S. The molecule has 0 aromatic heterocycles. The van der Waals surface area contributed by atoms with Crippen LogP contribution in [0.3, 0.4) is 0 Å². The summed E-state index contributed by atoms with van der Waals surface area (Å²) in [5, 5.41) is 0.162. The Bertz CT molecular complexity index is 678. The maximum absolute atomic E-state index is 13.2. The minimum atomic E-state index is -0.370. The number of carbonyl (C=O) groups is 2. The van der Waals surface area contributed by atoms with Crippen LogP contribution < -0.4 is 0 Å². The molecule has 0 radical (unpaired) electrons. The quantitative estimate of drug-likeness (QED) is 0.766. The van der Waals surface area contributed by atoms with Crippen LogP contribution in [0.5, 0.6) is 0 Å². The zero-order chi connectivity index (χ0) is 17.3. The normalized spacial score (nSPS) is 21.5. The summed E-state index contributed by atoms with van der Waals surface area (Å²) in [6, 6.07) is 5.71. The summed E-state index contributed by atoms with van der Waals surface area (Å²) in [6.45, 7) is 4.90. The van der Waals surface area contributed by atoms with Gasteiger partial charge in [-0.3, -0.25) is 14.5 Å². The van der Waals surface area contributed by atoms with Gasteiger partial charge in [-0.15, -0.1) is 11.8 Å². The lowest BCUT2D eigenvalue weighted by Crippen LogP contribution is -2.37. The van der Waals surface area contributed by atoms with E-state index in [2.05, 4.69) is 0 Å². The standard InChI is InChI=1S/C18H20FNO3S/c1-11(2)24-16-15(12-5-7-13(19)8-6-12)17(21)20(18(16)22)10-14-4-3-9-23-14/h5-8,11,14H,3-4,9-10H2,1-2H3. The SMILES string of the molecule is CC(C)SC1=C(c2ccc(F)cc2)C(=O)N(CC2CCCO2)C1=O. The second-order valence-electron chi connectivity index (χ2n) is 6.23. The van der Waals surface area contributed by atoms with Crippen LogP contribution in [0.4, 0.5) is 4.39 Å². The smallest absolute Gasteiger partial charge is 0.268 e. The molecule has 1 aromatic carbocycles. The first-order valence-corrected chi connectivity index (χ1v) is 9.00. The monoisotopic (exact) mass is 349 g/mol. The molecule has 0 N–H and O–H groups in total. The van der Waals surface area contributed by atoms with Gasteiger partial charge in [-0.05, 0) is 30.5 Å². The molecule has 0 saturated carbocycles. The minimum absolute atomic E-state index is 0.0873. The average molecular weight is 349 g/mol. The fourth-order valence-electron chi connectivity index (χ4n) is 2.93. The van der Waals surface area contributed by atoms with Gasteiger partial charge in [0, 0.05) is 11.9 Å². The third-order valence-electron chi connectivity index (χ3n) is 4.02. The van der Waals surface area contributed by atoms with E-state index in [1.807, 2.05) is 13.8 Å². The van der Waals surface area contributed by atoms with E-state index in [0.717, 1.165) is 12.8 Å². The maximum atomic E-state index is 13.2. The molecule has 2 amide bonds. The Morgan fingerprint density at radius 2 is 1.96 bits per heavy atom. The van der Waals surface area contributed by atoms with E-state index in [1.54, 1.807) is 12.1 Å². The summed E-state index contributed by atoms with van der Waals surface area (Å²) in [5.41, 5.74) is 0.949. The number of nitrogens with zero attached hydrogens (tertiary/aromatic N) is 1. The Morgan fingerprint density at radius 3 is 2.54 bits per heavy atom. The van der Waals surface area contributed by atoms with Gasteiger partial charge >= 0.3 is 0 Å². The molecule has 1 unspecified atom stereocenters. The zero-order valence-electron chi connectivity index (χ0n) is 13.8. The number of imide groups is 1. The summed E-state index contributed by atoms with van der Waals surface area (Å²) in [6.07, 6.45) is 1.72. The molecule has 3 rings (SSSR count). The molecule has 2 heterocycles. The van der Waals surface area contributed by atoms with Crippen LogP contribution in [0.1, 0.15) is 32.3 Å². The van der Waals surface area contributed by atoms with Crippen molar-refractivity contribution in [3.8, 4) is 0 Å². The van der Waals surface area contributed by atoms with Gasteiger partial charge in [0.15, 0.2) is 0 Å². The van der Waals surface area contributed by atoms with Gasteiger partial charge in [-0.1, -0.05) is 26.0 Å². The number of amides is 2. The van der Waals surface area contributed by atoms with Crippen LogP contribution in [0, 0.1) is 5.82 Å². The zero-order valence-corrected chi connectivity index (χ0v) is 14.6. The summed E-state index contributed by atoms with van der Waals surface area (Å²) < 4.78 is 18.8. The van der Waals surface area contributed by atoms with Crippen LogP contribution in [-0.2, 0) is 14.3 Å². The van der Waals surface area contributed by atoms with E-state index >= 15 is 0 Å². The molecule has 0 aliphatic carbocycles. The highest BCUT2D eigenvalue weighted by molar-refractivity contribution is 8.04. The van der Waals surface area contributed by atoms with Crippen LogP contribution in [0.25, 0.3) is 5.57 Å². The highest BCUT2D eigenvalue weighted by atomic mass is 32.2. The van der Waals surface area contributed by atoms with Crippen LogP contribution in [0.15, 0.2) is 29.2 Å². The Balaban J connectivity index is 1.93. The Hall–Kier alpha value is -1.66. The number of halogens is 1. The number of ether oxygens (including phenoxy) is 1. The summed E-state index contributed by atoms with van der Waals surface area (Å²) >= 11 is 1.38. The molecule has 6 heteroatoms. The van der Waals surface area contributed by atoms with Gasteiger partial charge in [-0.2, -0.15) is 0 Å². The van der Waals surface area contributed by atoms with Crippen LogP contribution in [0.2, 0.25) is 0 Å². The number of rotatable bonds is 5. The third kappa shape index (κ3) is 3.39. The number of hydrogen-bond donors (Lipinski definition) is 0. The molecule has 1 atom stereocenters. The number of thioether (sulfide) groups is 1. The Morgan fingerprint density at radius 1 is 1.25 bits per heavy atom. The predicted octanol–water partition coefficient (Wildman–Crippen LogP) is 3.23. The van der Waals surface area contributed by atoms with Crippen molar-refractivity contribution < 1.29 is 18.7 Å². The average Bonchev–Trinajstić information content (AvgIpc) is 3.12. The first-order valence-electron chi connectivity index (χ1n) is 8.12. The molecule has 1 saturated heterocycles. The molecule has 4 nitrogen and oxygen atoms in total. The van der Waals surface area contributed by atoms with E-state index < -0.39 is 0 Å². The number of hydrogen-bond acceptors (Lipinski definition) is 4. The Labute approximate surface area is 145 Å². The largest absolute Gasteiger partial charge is 0.376 e. The van der Waals surface area contributed by atoms with E-state index in [-0.39, 0.29) is 35.5 Å². The molecule has 0 spiro atoms. The van der Waals surface area contributed by atoms with Gasteiger partial charge in [-0.25, -0.2) is 4.39 Å². The first kappa shape index (κ1) is 17.2. The summed E-state index contributed by atoms with van der Waals surface area (Å²) in [5.74, 6) is -0.954. The molecule has 2 aliphatic heterocycles. The third-order valence-corrected chi connectivity index (χ3v) is 5.11. The Kier molecular flexibility index (Phi) is 5.06.